The first-order valence-corrected chi connectivity index (χ1v) is 7.21. The Kier molecular flexibility index (Phi) is 5.16. The van der Waals surface area contributed by atoms with E-state index in [1.807, 2.05) is 25.1 Å². The Bertz CT molecular complexity index is 518. The highest BCUT2D eigenvalue weighted by Gasteiger charge is 2.27. The van der Waals surface area contributed by atoms with Crippen molar-refractivity contribution in [1.29, 1.82) is 0 Å². The van der Waals surface area contributed by atoms with Gasteiger partial charge < -0.3 is 21.3 Å². The zero-order valence-electron chi connectivity index (χ0n) is 12.3. The molecule has 0 aliphatic carbocycles. The predicted octanol–water partition coefficient (Wildman–Crippen LogP) is 1.07. The van der Waals surface area contributed by atoms with E-state index in [-0.39, 0.29) is 24.5 Å². The van der Waals surface area contributed by atoms with Crippen molar-refractivity contribution in [2.24, 2.45) is 5.73 Å². The first kappa shape index (κ1) is 15.3. The second-order valence-electron chi connectivity index (χ2n) is 5.30. The van der Waals surface area contributed by atoms with Crippen molar-refractivity contribution in [2.75, 3.05) is 25.0 Å². The minimum Gasteiger partial charge on any atom is -0.337 e. The number of nitrogens with one attached hydrogen (secondary N) is 2. The summed E-state index contributed by atoms with van der Waals surface area (Å²) in [5, 5.41) is 5.30. The highest BCUT2D eigenvalue weighted by Crippen LogP contribution is 2.15. The van der Waals surface area contributed by atoms with Crippen LogP contribution >= 0.6 is 0 Å². The molecule has 1 unspecified atom stereocenters. The summed E-state index contributed by atoms with van der Waals surface area (Å²) < 4.78 is 0. The molecule has 4 N–H and O–H groups in total. The number of aryl methyl sites for hydroxylation is 1. The van der Waals surface area contributed by atoms with Crippen LogP contribution in [0.2, 0.25) is 0 Å². The summed E-state index contributed by atoms with van der Waals surface area (Å²) in [7, 11) is 0. The van der Waals surface area contributed by atoms with Crippen LogP contribution in [0.4, 0.5) is 10.5 Å². The average Bonchev–Trinajstić information content (AvgIpc) is 2.93. The molecule has 2 rings (SSSR count). The maximum Gasteiger partial charge on any atom is 0.319 e. The Labute approximate surface area is 124 Å². The molecule has 0 spiro atoms. The minimum atomic E-state index is -0.377. The summed E-state index contributed by atoms with van der Waals surface area (Å²) in [6.45, 7) is 3.14. The van der Waals surface area contributed by atoms with Gasteiger partial charge in [0.05, 0.1) is 6.54 Å². The van der Waals surface area contributed by atoms with E-state index in [0.29, 0.717) is 12.2 Å². The van der Waals surface area contributed by atoms with Crippen LogP contribution in [-0.4, -0.2) is 42.5 Å². The fourth-order valence-electron chi connectivity index (χ4n) is 2.56. The zero-order chi connectivity index (χ0) is 15.2. The smallest absolute Gasteiger partial charge is 0.319 e. The number of likely N-dealkylation sites (tertiary alicyclic amines) is 1. The fourth-order valence-corrected chi connectivity index (χ4v) is 2.56. The first-order chi connectivity index (χ1) is 10.1. The van der Waals surface area contributed by atoms with E-state index in [0.717, 1.165) is 24.9 Å². The molecular formula is C15H22N4O2. The van der Waals surface area contributed by atoms with Crippen molar-refractivity contribution in [1.82, 2.24) is 10.2 Å². The number of rotatable bonds is 4. The normalized spacial score (nSPS) is 17.6. The number of nitrogens with two attached hydrogens (primary N) is 1. The molecule has 3 amide bonds. The van der Waals surface area contributed by atoms with Crippen molar-refractivity contribution in [3.05, 3.63) is 29.8 Å². The number of hydrogen-bond acceptors (Lipinski definition) is 3. The molecule has 6 nitrogen and oxygen atoms in total. The number of amides is 3. The van der Waals surface area contributed by atoms with E-state index < -0.39 is 0 Å². The maximum atomic E-state index is 12.1. The molecule has 0 aromatic heterocycles. The van der Waals surface area contributed by atoms with Crippen LogP contribution in [0.5, 0.6) is 0 Å². The second-order valence-corrected chi connectivity index (χ2v) is 5.30. The van der Waals surface area contributed by atoms with Gasteiger partial charge in [0.25, 0.3) is 0 Å². The van der Waals surface area contributed by atoms with E-state index >= 15 is 0 Å². The van der Waals surface area contributed by atoms with Gasteiger partial charge in [-0.1, -0.05) is 12.1 Å². The van der Waals surface area contributed by atoms with Gasteiger partial charge in [-0.05, 0) is 37.5 Å². The van der Waals surface area contributed by atoms with Gasteiger partial charge in [0.15, 0.2) is 0 Å². The third kappa shape index (κ3) is 4.19. The molecule has 1 fully saturated rings. The zero-order valence-corrected chi connectivity index (χ0v) is 12.3. The number of anilines is 1. The number of carbonyl (C=O) groups excluding carboxylic acids is 2. The molecule has 1 aliphatic rings. The van der Waals surface area contributed by atoms with Gasteiger partial charge in [-0.15, -0.1) is 0 Å². The molecule has 21 heavy (non-hydrogen) atoms. The van der Waals surface area contributed by atoms with Gasteiger partial charge in [0.1, 0.15) is 0 Å². The third-order valence-electron chi connectivity index (χ3n) is 3.65. The van der Waals surface area contributed by atoms with Gasteiger partial charge in [-0.2, -0.15) is 0 Å². The molecular weight excluding hydrogens is 268 g/mol. The van der Waals surface area contributed by atoms with Gasteiger partial charge in [0, 0.05) is 24.8 Å². The fraction of sp³-hybridized carbons (Fsp3) is 0.467. The molecule has 1 atom stereocenters. The SMILES string of the molecule is Cc1cccc(NC(=O)NCC(=O)N2CCCC2CN)c1. The van der Waals surface area contributed by atoms with E-state index in [2.05, 4.69) is 10.6 Å². The lowest BCUT2D eigenvalue weighted by Gasteiger charge is -2.23. The standard InChI is InChI=1S/C15H22N4O2/c1-11-4-2-5-12(8-11)18-15(21)17-10-14(20)19-7-3-6-13(19)9-16/h2,4-5,8,13H,3,6-7,9-10,16H2,1H3,(H2,17,18,21). The maximum absolute atomic E-state index is 12.1. The predicted molar refractivity (Wildman–Crippen MR) is 82.0 cm³/mol. The van der Waals surface area contributed by atoms with Crippen molar-refractivity contribution in [3.63, 3.8) is 0 Å². The monoisotopic (exact) mass is 290 g/mol. The highest BCUT2D eigenvalue weighted by molar-refractivity contribution is 5.92. The Hall–Kier alpha value is -2.08. The van der Waals surface area contributed by atoms with E-state index in [4.69, 9.17) is 5.73 Å². The molecule has 1 aliphatic heterocycles. The average molecular weight is 290 g/mol. The van der Waals surface area contributed by atoms with E-state index in [9.17, 15) is 9.59 Å². The molecule has 114 valence electrons. The van der Waals surface area contributed by atoms with Crippen molar-refractivity contribution >= 4 is 17.6 Å². The van der Waals surface area contributed by atoms with Gasteiger partial charge in [-0.25, -0.2) is 4.79 Å². The minimum absolute atomic E-state index is 0.00580. The number of carbonyl (C=O) groups is 2. The van der Waals surface area contributed by atoms with Gasteiger partial charge in [0.2, 0.25) is 5.91 Å². The van der Waals surface area contributed by atoms with Crippen molar-refractivity contribution in [3.8, 4) is 0 Å². The molecule has 1 aromatic rings. The second kappa shape index (κ2) is 7.08. The Morgan fingerprint density at radius 1 is 1.43 bits per heavy atom. The van der Waals surface area contributed by atoms with Gasteiger partial charge in [-0.3, -0.25) is 4.79 Å². The first-order valence-electron chi connectivity index (χ1n) is 7.21. The molecule has 1 aromatic carbocycles. The third-order valence-corrected chi connectivity index (χ3v) is 3.65. The number of benzene rings is 1. The van der Waals surface area contributed by atoms with E-state index in [1.165, 1.54) is 0 Å². The van der Waals surface area contributed by atoms with Crippen LogP contribution in [0.1, 0.15) is 18.4 Å². The topological polar surface area (TPSA) is 87.5 Å². The van der Waals surface area contributed by atoms with Crippen molar-refractivity contribution < 1.29 is 9.59 Å². The van der Waals surface area contributed by atoms with Crippen molar-refractivity contribution in [2.45, 2.75) is 25.8 Å². The lowest BCUT2D eigenvalue weighted by atomic mass is 10.2. The molecule has 6 heteroatoms. The van der Waals surface area contributed by atoms with Crippen LogP contribution in [0.3, 0.4) is 0 Å². The Morgan fingerprint density at radius 3 is 2.95 bits per heavy atom. The number of hydrogen-bond donors (Lipinski definition) is 3. The number of urea groups is 1. The quantitative estimate of drug-likeness (QED) is 0.775. The summed E-state index contributed by atoms with van der Waals surface area (Å²) in [5.41, 5.74) is 7.41. The van der Waals surface area contributed by atoms with Crippen LogP contribution in [0.15, 0.2) is 24.3 Å². The molecule has 0 radical (unpaired) electrons. The van der Waals surface area contributed by atoms with Crippen LogP contribution in [-0.2, 0) is 4.79 Å². The highest BCUT2D eigenvalue weighted by atomic mass is 16.2. The molecule has 0 bridgehead atoms. The summed E-state index contributed by atoms with van der Waals surface area (Å²) in [5.74, 6) is -0.0812. The molecule has 1 heterocycles. The number of nitrogens with zero attached hydrogens (tertiary/aromatic N) is 1. The lowest BCUT2D eigenvalue weighted by Crippen LogP contribution is -2.45. The summed E-state index contributed by atoms with van der Waals surface area (Å²) in [6, 6.07) is 7.22. The summed E-state index contributed by atoms with van der Waals surface area (Å²) in [6.07, 6.45) is 1.92. The Balaban J connectivity index is 1.80. The van der Waals surface area contributed by atoms with Gasteiger partial charge >= 0.3 is 6.03 Å². The van der Waals surface area contributed by atoms with Crippen LogP contribution in [0, 0.1) is 6.92 Å². The molecule has 0 saturated carbocycles. The van der Waals surface area contributed by atoms with Crippen LogP contribution < -0.4 is 16.4 Å². The summed E-state index contributed by atoms with van der Waals surface area (Å²) in [4.78, 5) is 25.6. The lowest BCUT2D eigenvalue weighted by molar-refractivity contribution is -0.130. The molecule has 1 saturated heterocycles. The summed E-state index contributed by atoms with van der Waals surface area (Å²) >= 11 is 0. The van der Waals surface area contributed by atoms with E-state index in [1.54, 1.807) is 11.0 Å². The Morgan fingerprint density at radius 2 is 2.24 bits per heavy atom. The van der Waals surface area contributed by atoms with Crippen LogP contribution in [0.25, 0.3) is 0 Å². The largest absolute Gasteiger partial charge is 0.337 e.